The van der Waals surface area contributed by atoms with Crippen LogP contribution in [-0.4, -0.2) is 17.9 Å². The fourth-order valence-electron chi connectivity index (χ4n) is 1.27. The molecule has 0 unspecified atom stereocenters. The molecule has 0 fully saturated rings. The van der Waals surface area contributed by atoms with Crippen LogP contribution in [0.25, 0.3) is 6.08 Å². The second-order valence-electron chi connectivity index (χ2n) is 3.23. The van der Waals surface area contributed by atoms with Crippen molar-refractivity contribution >= 4 is 28.0 Å². The molecule has 0 heterocycles. The Kier molecular flexibility index (Phi) is 5.86. The van der Waals surface area contributed by atoms with Crippen LogP contribution in [0.3, 0.4) is 0 Å². The van der Waals surface area contributed by atoms with E-state index in [0.717, 1.165) is 17.3 Å². The van der Waals surface area contributed by atoms with Crippen molar-refractivity contribution in [2.24, 2.45) is 0 Å². The van der Waals surface area contributed by atoms with Crippen LogP contribution in [-0.2, 0) is 4.74 Å². The van der Waals surface area contributed by atoms with Gasteiger partial charge in [0.1, 0.15) is 0 Å². The lowest BCUT2D eigenvalue weighted by atomic mass is 10.1. The summed E-state index contributed by atoms with van der Waals surface area (Å²) in [6.45, 7) is 2.21. The summed E-state index contributed by atoms with van der Waals surface area (Å²) in [7, 11) is 0. The average molecular weight is 283 g/mol. The van der Waals surface area contributed by atoms with Crippen LogP contribution in [0.5, 0.6) is 0 Å². The molecule has 0 saturated heterocycles. The smallest absolute Gasteiger partial charge is 0.338 e. The van der Waals surface area contributed by atoms with Crippen LogP contribution < -0.4 is 0 Å². The number of carbonyl (C=O) groups excluding carboxylic acids is 1. The third kappa shape index (κ3) is 4.19. The van der Waals surface area contributed by atoms with Gasteiger partial charge in [-0.1, -0.05) is 40.2 Å². The van der Waals surface area contributed by atoms with E-state index in [2.05, 4.69) is 22.0 Å². The van der Waals surface area contributed by atoms with Gasteiger partial charge in [0.05, 0.1) is 12.2 Å². The van der Waals surface area contributed by atoms with Crippen LogP contribution in [0, 0.1) is 0 Å². The van der Waals surface area contributed by atoms with E-state index < -0.39 is 0 Å². The molecule has 3 heteroatoms. The zero-order valence-corrected chi connectivity index (χ0v) is 10.9. The lowest BCUT2D eigenvalue weighted by Crippen LogP contribution is -2.04. The average Bonchev–Trinajstić information content (AvgIpc) is 2.30. The maximum atomic E-state index is 11.5. The van der Waals surface area contributed by atoms with E-state index in [1.165, 1.54) is 0 Å². The summed E-state index contributed by atoms with van der Waals surface area (Å²) < 4.78 is 4.94. The molecular formula is C13H15BrO2. The number of rotatable bonds is 5. The van der Waals surface area contributed by atoms with Crippen molar-refractivity contribution in [2.45, 2.75) is 13.3 Å². The lowest BCUT2D eigenvalue weighted by Gasteiger charge is -2.02. The molecule has 0 radical (unpaired) electrons. The van der Waals surface area contributed by atoms with Crippen molar-refractivity contribution in [3.8, 4) is 0 Å². The van der Waals surface area contributed by atoms with Gasteiger partial charge < -0.3 is 4.74 Å². The molecule has 1 aromatic carbocycles. The number of esters is 1. The van der Waals surface area contributed by atoms with Crippen molar-refractivity contribution in [3.63, 3.8) is 0 Å². The Bertz CT molecular complexity index is 372. The molecular weight excluding hydrogens is 268 g/mol. The summed E-state index contributed by atoms with van der Waals surface area (Å²) in [5, 5.41) is 0.946. The van der Waals surface area contributed by atoms with Gasteiger partial charge in [0.15, 0.2) is 0 Å². The van der Waals surface area contributed by atoms with Crippen LogP contribution in [0.2, 0.25) is 0 Å². The van der Waals surface area contributed by atoms with Crippen molar-refractivity contribution in [2.75, 3.05) is 11.9 Å². The first kappa shape index (κ1) is 13.0. The van der Waals surface area contributed by atoms with Gasteiger partial charge in [-0.3, -0.25) is 0 Å². The normalized spacial score (nSPS) is 10.6. The molecule has 16 heavy (non-hydrogen) atoms. The molecule has 0 N–H and O–H groups in total. The lowest BCUT2D eigenvalue weighted by molar-refractivity contribution is 0.0526. The minimum atomic E-state index is -0.266. The Morgan fingerprint density at radius 1 is 1.50 bits per heavy atom. The zero-order valence-electron chi connectivity index (χ0n) is 9.28. The fraction of sp³-hybridized carbons (Fsp3) is 0.308. The molecule has 86 valence electrons. The van der Waals surface area contributed by atoms with E-state index in [4.69, 9.17) is 4.74 Å². The topological polar surface area (TPSA) is 26.3 Å². The number of hydrogen-bond donors (Lipinski definition) is 0. The maximum Gasteiger partial charge on any atom is 0.338 e. The standard InChI is InChI=1S/C13H15BrO2/c1-2-16-13(15)12-8-5-7-11(10-12)6-3-4-9-14/h3,5-8,10H,2,4,9H2,1H3. The van der Waals surface area contributed by atoms with Crippen molar-refractivity contribution in [1.82, 2.24) is 0 Å². The molecule has 2 nitrogen and oxygen atoms in total. The van der Waals surface area contributed by atoms with Gasteiger partial charge in [-0.25, -0.2) is 4.79 Å². The van der Waals surface area contributed by atoms with E-state index >= 15 is 0 Å². The number of benzene rings is 1. The van der Waals surface area contributed by atoms with Crippen LogP contribution in [0.4, 0.5) is 0 Å². The van der Waals surface area contributed by atoms with E-state index in [1.54, 1.807) is 13.0 Å². The largest absolute Gasteiger partial charge is 0.462 e. The fourth-order valence-corrected chi connectivity index (χ4v) is 1.53. The summed E-state index contributed by atoms with van der Waals surface area (Å²) in [5.74, 6) is -0.266. The Labute approximate surface area is 104 Å². The van der Waals surface area contributed by atoms with E-state index in [0.29, 0.717) is 12.2 Å². The Morgan fingerprint density at radius 3 is 3.00 bits per heavy atom. The van der Waals surface area contributed by atoms with E-state index in [-0.39, 0.29) is 5.97 Å². The molecule has 0 aliphatic carbocycles. The van der Waals surface area contributed by atoms with E-state index in [1.807, 2.05) is 24.3 Å². The molecule has 0 bridgehead atoms. The highest BCUT2D eigenvalue weighted by Gasteiger charge is 2.05. The number of halogens is 1. The van der Waals surface area contributed by atoms with Crippen molar-refractivity contribution < 1.29 is 9.53 Å². The summed E-state index contributed by atoms with van der Waals surface area (Å²) in [6.07, 6.45) is 5.05. The first-order valence-corrected chi connectivity index (χ1v) is 6.39. The van der Waals surface area contributed by atoms with E-state index in [9.17, 15) is 4.79 Å². The van der Waals surface area contributed by atoms with Crippen LogP contribution in [0.15, 0.2) is 30.3 Å². The van der Waals surface area contributed by atoms with Gasteiger partial charge in [0.2, 0.25) is 0 Å². The molecule has 1 aromatic rings. The first-order chi connectivity index (χ1) is 7.77. The summed E-state index contributed by atoms with van der Waals surface area (Å²) >= 11 is 3.36. The van der Waals surface area contributed by atoms with Gasteiger partial charge in [-0.15, -0.1) is 0 Å². The molecule has 0 aromatic heterocycles. The van der Waals surface area contributed by atoms with Crippen molar-refractivity contribution in [3.05, 3.63) is 41.5 Å². The number of alkyl halides is 1. The second kappa shape index (κ2) is 7.23. The predicted octanol–water partition coefficient (Wildman–Crippen LogP) is 3.66. The first-order valence-electron chi connectivity index (χ1n) is 5.27. The monoisotopic (exact) mass is 282 g/mol. The van der Waals surface area contributed by atoms with Gasteiger partial charge in [0, 0.05) is 5.33 Å². The van der Waals surface area contributed by atoms with Gasteiger partial charge in [-0.2, -0.15) is 0 Å². The summed E-state index contributed by atoms with van der Waals surface area (Å²) in [4.78, 5) is 11.5. The highest BCUT2D eigenvalue weighted by atomic mass is 79.9. The second-order valence-corrected chi connectivity index (χ2v) is 4.02. The third-order valence-electron chi connectivity index (χ3n) is 1.98. The third-order valence-corrected chi connectivity index (χ3v) is 2.44. The van der Waals surface area contributed by atoms with Crippen molar-refractivity contribution in [1.29, 1.82) is 0 Å². The molecule has 0 aliphatic rings. The Hall–Kier alpha value is -1.09. The number of allylic oxidation sites excluding steroid dienone is 1. The van der Waals surface area contributed by atoms with Crippen LogP contribution >= 0.6 is 15.9 Å². The molecule has 0 spiro atoms. The summed E-state index contributed by atoms with van der Waals surface area (Å²) in [6, 6.07) is 7.43. The predicted molar refractivity (Wildman–Crippen MR) is 69.8 cm³/mol. The molecule has 0 atom stereocenters. The number of ether oxygens (including phenoxy) is 1. The highest BCUT2D eigenvalue weighted by Crippen LogP contribution is 2.09. The van der Waals surface area contributed by atoms with Gasteiger partial charge in [0.25, 0.3) is 0 Å². The van der Waals surface area contributed by atoms with Gasteiger partial charge in [-0.05, 0) is 31.0 Å². The molecule has 0 saturated carbocycles. The van der Waals surface area contributed by atoms with Crippen LogP contribution in [0.1, 0.15) is 29.3 Å². The molecule has 0 aliphatic heterocycles. The zero-order chi connectivity index (χ0) is 11.8. The SMILES string of the molecule is CCOC(=O)c1cccc(C=CCCBr)c1. The maximum absolute atomic E-state index is 11.5. The molecule has 1 rings (SSSR count). The highest BCUT2D eigenvalue weighted by molar-refractivity contribution is 9.09. The molecule has 0 amide bonds. The Morgan fingerprint density at radius 2 is 2.31 bits per heavy atom. The number of carbonyl (C=O) groups is 1. The Balaban J connectivity index is 2.74. The number of hydrogen-bond acceptors (Lipinski definition) is 2. The minimum absolute atomic E-state index is 0.266. The van der Waals surface area contributed by atoms with Gasteiger partial charge >= 0.3 is 5.97 Å². The summed E-state index contributed by atoms with van der Waals surface area (Å²) in [5.41, 5.74) is 1.62. The quantitative estimate of drug-likeness (QED) is 0.609. The minimum Gasteiger partial charge on any atom is -0.462 e.